The molecule has 1 heterocycles. The highest BCUT2D eigenvalue weighted by Crippen LogP contribution is 2.29. The number of carbonyl (C=O) groups excluding carboxylic acids is 2. The number of anilines is 1. The fourth-order valence-electron chi connectivity index (χ4n) is 2.04. The Morgan fingerprint density at radius 2 is 1.94 bits per heavy atom. The van der Waals surface area contributed by atoms with E-state index in [0.29, 0.717) is 18.1 Å². The Morgan fingerprint density at radius 3 is 2.67 bits per heavy atom. The second-order valence-corrected chi connectivity index (χ2v) is 4.57. The van der Waals surface area contributed by atoms with E-state index >= 15 is 0 Å². The van der Waals surface area contributed by atoms with Gasteiger partial charge in [0.25, 0.3) is 11.7 Å². The topological polar surface area (TPSA) is 37.4 Å². The monoisotopic (exact) mass is 269 g/mol. The van der Waals surface area contributed by atoms with Gasteiger partial charge in [-0.3, -0.25) is 9.59 Å². The molecule has 3 nitrogen and oxygen atoms in total. The summed E-state index contributed by atoms with van der Waals surface area (Å²) >= 11 is 5.57. The molecule has 96 valence electrons. The number of rotatable bonds is 5. The van der Waals surface area contributed by atoms with Gasteiger partial charge in [-0.05, 0) is 31.0 Å². The normalized spacial score (nSPS) is 14.2. The maximum absolute atomic E-state index is 13.0. The predicted molar refractivity (Wildman–Crippen MR) is 67.7 cm³/mol. The summed E-state index contributed by atoms with van der Waals surface area (Å²) in [4.78, 5) is 24.9. The van der Waals surface area contributed by atoms with Crippen LogP contribution in [-0.4, -0.2) is 24.1 Å². The summed E-state index contributed by atoms with van der Waals surface area (Å²) in [6.45, 7) is 0.472. The van der Waals surface area contributed by atoms with Crippen LogP contribution in [0.4, 0.5) is 10.1 Å². The number of Topliss-reactive ketones (excluding diaryl/α,β-unsaturated/α-hetero) is 1. The van der Waals surface area contributed by atoms with Crippen molar-refractivity contribution in [1.82, 2.24) is 0 Å². The SMILES string of the molecule is O=C1C(=O)N(CCCCCCl)c2ccc(F)cc21. The minimum absolute atomic E-state index is 0.164. The standard InChI is InChI=1S/C13H13ClFNO2/c14-6-2-1-3-7-16-11-5-4-9(15)8-10(11)12(17)13(16)18/h4-5,8H,1-3,6-7H2. The molecule has 0 fully saturated rings. The van der Waals surface area contributed by atoms with Gasteiger partial charge in [0, 0.05) is 12.4 Å². The van der Waals surface area contributed by atoms with Crippen LogP contribution >= 0.6 is 11.6 Å². The molecular formula is C13H13ClFNO2. The zero-order valence-corrected chi connectivity index (χ0v) is 10.5. The third kappa shape index (κ3) is 2.38. The molecule has 0 aliphatic carbocycles. The van der Waals surface area contributed by atoms with Gasteiger partial charge >= 0.3 is 0 Å². The molecule has 18 heavy (non-hydrogen) atoms. The van der Waals surface area contributed by atoms with Crippen LogP contribution in [0.1, 0.15) is 29.6 Å². The smallest absolute Gasteiger partial charge is 0.299 e. The number of ketones is 1. The highest BCUT2D eigenvalue weighted by Gasteiger charge is 2.35. The Morgan fingerprint density at radius 1 is 1.17 bits per heavy atom. The number of alkyl halides is 1. The Bertz CT molecular complexity index is 490. The van der Waals surface area contributed by atoms with Gasteiger partial charge in [-0.2, -0.15) is 0 Å². The molecule has 2 rings (SSSR count). The molecule has 0 radical (unpaired) electrons. The number of amides is 1. The van der Waals surface area contributed by atoms with Gasteiger partial charge in [0.2, 0.25) is 0 Å². The fourth-order valence-corrected chi connectivity index (χ4v) is 2.22. The van der Waals surface area contributed by atoms with Crippen molar-refractivity contribution in [2.75, 3.05) is 17.3 Å². The molecule has 1 aromatic rings. The molecule has 0 saturated heterocycles. The first-order valence-electron chi connectivity index (χ1n) is 5.87. The largest absolute Gasteiger partial charge is 0.305 e. The number of fused-ring (bicyclic) bond motifs is 1. The van der Waals surface area contributed by atoms with Gasteiger partial charge in [-0.15, -0.1) is 11.6 Å². The van der Waals surface area contributed by atoms with Crippen LogP contribution in [0.15, 0.2) is 18.2 Å². The zero-order valence-electron chi connectivity index (χ0n) is 9.79. The maximum Gasteiger partial charge on any atom is 0.299 e. The fraction of sp³-hybridized carbons (Fsp3) is 0.385. The molecule has 0 N–H and O–H groups in total. The third-order valence-electron chi connectivity index (χ3n) is 2.95. The molecule has 0 atom stereocenters. The number of halogens is 2. The van der Waals surface area contributed by atoms with E-state index in [9.17, 15) is 14.0 Å². The second-order valence-electron chi connectivity index (χ2n) is 4.20. The number of hydrogen-bond acceptors (Lipinski definition) is 2. The van der Waals surface area contributed by atoms with Crippen molar-refractivity contribution in [2.45, 2.75) is 19.3 Å². The molecule has 0 aromatic heterocycles. The zero-order chi connectivity index (χ0) is 13.1. The van der Waals surface area contributed by atoms with E-state index in [1.807, 2.05) is 0 Å². The maximum atomic E-state index is 13.0. The lowest BCUT2D eigenvalue weighted by atomic mass is 10.1. The Hall–Kier alpha value is -1.42. The molecular weight excluding hydrogens is 257 g/mol. The summed E-state index contributed by atoms with van der Waals surface area (Å²) in [5.74, 6) is -1.10. The van der Waals surface area contributed by atoms with E-state index in [2.05, 4.69) is 0 Å². The quantitative estimate of drug-likeness (QED) is 0.468. The minimum Gasteiger partial charge on any atom is -0.305 e. The highest BCUT2D eigenvalue weighted by molar-refractivity contribution is 6.52. The van der Waals surface area contributed by atoms with E-state index in [1.165, 1.54) is 17.0 Å². The average molecular weight is 270 g/mol. The molecule has 1 aliphatic rings. The Balaban J connectivity index is 2.13. The molecule has 1 aliphatic heterocycles. The average Bonchev–Trinajstić information content (AvgIpc) is 2.59. The van der Waals surface area contributed by atoms with E-state index < -0.39 is 17.5 Å². The lowest BCUT2D eigenvalue weighted by Gasteiger charge is -2.15. The van der Waals surface area contributed by atoms with Crippen LogP contribution in [-0.2, 0) is 4.79 Å². The van der Waals surface area contributed by atoms with Gasteiger partial charge in [0.1, 0.15) is 5.82 Å². The van der Waals surface area contributed by atoms with Gasteiger partial charge in [0.05, 0.1) is 11.3 Å². The summed E-state index contributed by atoms with van der Waals surface area (Å²) in [7, 11) is 0. The molecule has 1 amide bonds. The number of hydrogen-bond donors (Lipinski definition) is 0. The van der Waals surface area contributed by atoms with E-state index in [-0.39, 0.29) is 5.56 Å². The van der Waals surface area contributed by atoms with Crippen LogP contribution in [0, 0.1) is 5.82 Å². The highest BCUT2D eigenvalue weighted by atomic mass is 35.5. The number of unbranched alkanes of at least 4 members (excludes halogenated alkanes) is 2. The van der Waals surface area contributed by atoms with Crippen LogP contribution in [0.3, 0.4) is 0 Å². The number of benzene rings is 1. The molecule has 0 bridgehead atoms. The van der Waals surface area contributed by atoms with Crippen molar-refractivity contribution in [3.63, 3.8) is 0 Å². The first-order valence-corrected chi connectivity index (χ1v) is 6.40. The van der Waals surface area contributed by atoms with E-state index in [0.717, 1.165) is 25.3 Å². The minimum atomic E-state index is -0.623. The van der Waals surface area contributed by atoms with Gasteiger partial charge in [0.15, 0.2) is 0 Å². The predicted octanol–water partition coefficient (Wildman–Crippen LogP) is 2.76. The van der Waals surface area contributed by atoms with Gasteiger partial charge < -0.3 is 4.90 Å². The Labute approximate surface area is 110 Å². The van der Waals surface area contributed by atoms with Crippen molar-refractivity contribution < 1.29 is 14.0 Å². The van der Waals surface area contributed by atoms with Gasteiger partial charge in [-0.25, -0.2) is 4.39 Å². The summed E-state index contributed by atoms with van der Waals surface area (Å²) in [6.07, 6.45) is 2.56. The molecule has 0 saturated carbocycles. The van der Waals surface area contributed by atoms with E-state index in [1.54, 1.807) is 0 Å². The van der Waals surface area contributed by atoms with Crippen molar-refractivity contribution in [3.8, 4) is 0 Å². The van der Waals surface area contributed by atoms with Crippen molar-refractivity contribution in [3.05, 3.63) is 29.6 Å². The summed E-state index contributed by atoms with van der Waals surface area (Å²) in [5, 5.41) is 0. The lowest BCUT2D eigenvalue weighted by Crippen LogP contribution is -2.30. The summed E-state index contributed by atoms with van der Waals surface area (Å²) in [5.41, 5.74) is 0.676. The van der Waals surface area contributed by atoms with E-state index in [4.69, 9.17) is 11.6 Å². The molecule has 0 spiro atoms. The van der Waals surface area contributed by atoms with Crippen molar-refractivity contribution in [2.24, 2.45) is 0 Å². The van der Waals surface area contributed by atoms with Crippen LogP contribution in [0.2, 0.25) is 0 Å². The van der Waals surface area contributed by atoms with Gasteiger partial charge in [-0.1, -0.05) is 6.42 Å². The third-order valence-corrected chi connectivity index (χ3v) is 3.22. The lowest BCUT2D eigenvalue weighted by molar-refractivity contribution is -0.114. The first kappa shape index (κ1) is 13.0. The molecule has 0 unspecified atom stereocenters. The molecule has 5 heteroatoms. The van der Waals surface area contributed by atoms with Crippen molar-refractivity contribution >= 4 is 29.0 Å². The second kappa shape index (κ2) is 5.48. The summed E-state index contributed by atoms with van der Waals surface area (Å²) < 4.78 is 13.0. The Kier molecular flexibility index (Phi) is 3.97. The van der Waals surface area contributed by atoms with Crippen molar-refractivity contribution in [1.29, 1.82) is 0 Å². The number of nitrogens with zero attached hydrogens (tertiary/aromatic N) is 1. The summed E-state index contributed by atoms with van der Waals surface area (Å²) in [6, 6.07) is 3.86. The first-order chi connectivity index (χ1) is 8.65. The van der Waals surface area contributed by atoms with Crippen LogP contribution < -0.4 is 4.90 Å². The van der Waals surface area contributed by atoms with Crippen LogP contribution in [0.25, 0.3) is 0 Å². The molecule has 1 aromatic carbocycles. The van der Waals surface area contributed by atoms with Crippen LogP contribution in [0.5, 0.6) is 0 Å². The number of carbonyl (C=O) groups is 2.